The number of thiazole rings is 1. The Balaban J connectivity index is 1.90. The van der Waals surface area contributed by atoms with Gasteiger partial charge in [-0.1, -0.05) is 6.42 Å². The van der Waals surface area contributed by atoms with Gasteiger partial charge in [0.25, 0.3) is 0 Å². The summed E-state index contributed by atoms with van der Waals surface area (Å²) in [5.41, 5.74) is 1.04. The van der Waals surface area contributed by atoms with Gasteiger partial charge in [-0.2, -0.15) is 0 Å². The monoisotopic (exact) mass is 336 g/mol. The smallest absolute Gasteiger partial charge is 0.226 e. The van der Waals surface area contributed by atoms with Crippen molar-refractivity contribution in [2.75, 3.05) is 5.32 Å². The Labute approximate surface area is 138 Å². The first kappa shape index (κ1) is 17.2. The first-order valence-corrected chi connectivity index (χ1v) is 8.29. The van der Waals surface area contributed by atoms with Crippen molar-refractivity contribution >= 4 is 22.4 Å². The van der Waals surface area contributed by atoms with Gasteiger partial charge in [0.05, 0.1) is 11.8 Å². The molecule has 7 heteroatoms. The molecule has 6 nitrogen and oxygen atoms in total. The molecule has 1 aromatic heterocycles. The van der Waals surface area contributed by atoms with Crippen molar-refractivity contribution in [1.29, 1.82) is 0 Å². The van der Waals surface area contributed by atoms with Gasteiger partial charge in [-0.15, -0.1) is 11.3 Å². The molecule has 0 aliphatic carbocycles. The van der Waals surface area contributed by atoms with Crippen LogP contribution in [-0.2, 0) is 4.79 Å². The molecule has 2 aromatic rings. The lowest BCUT2D eigenvalue weighted by molar-refractivity contribution is -0.116. The first-order valence-electron chi connectivity index (χ1n) is 7.41. The summed E-state index contributed by atoms with van der Waals surface area (Å²) in [6.45, 7) is 1.73. The summed E-state index contributed by atoms with van der Waals surface area (Å²) in [6, 6.07) is 4.28. The predicted octanol–water partition coefficient (Wildman–Crippen LogP) is 3.10. The van der Waals surface area contributed by atoms with Crippen LogP contribution in [0.2, 0.25) is 0 Å². The lowest BCUT2D eigenvalue weighted by Gasteiger charge is -2.04. The quantitative estimate of drug-likeness (QED) is 0.582. The topological polar surface area (TPSA) is 103 Å². The lowest BCUT2D eigenvalue weighted by Crippen LogP contribution is -2.11. The van der Waals surface area contributed by atoms with Gasteiger partial charge in [-0.3, -0.25) is 4.79 Å². The predicted molar refractivity (Wildman–Crippen MR) is 89.7 cm³/mol. The molecule has 1 heterocycles. The number of carbonyl (C=O) groups is 1. The van der Waals surface area contributed by atoms with E-state index >= 15 is 0 Å². The van der Waals surface area contributed by atoms with Crippen LogP contribution in [0.3, 0.4) is 0 Å². The highest BCUT2D eigenvalue weighted by Crippen LogP contribution is 2.33. The zero-order chi connectivity index (χ0) is 16.8. The van der Waals surface area contributed by atoms with E-state index in [1.165, 1.54) is 23.5 Å². The molecule has 124 valence electrons. The number of nitrogens with one attached hydrogen (secondary N) is 1. The summed E-state index contributed by atoms with van der Waals surface area (Å²) in [5.74, 6) is -0.204. The zero-order valence-corrected chi connectivity index (χ0v) is 13.6. The van der Waals surface area contributed by atoms with E-state index in [2.05, 4.69) is 10.3 Å². The average Bonchev–Trinajstić information content (AvgIpc) is 2.91. The van der Waals surface area contributed by atoms with Crippen LogP contribution >= 0.6 is 11.3 Å². The van der Waals surface area contributed by atoms with E-state index in [-0.39, 0.29) is 23.5 Å². The van der Waals surface area contributed by atoms with Gasteiger partial charge >= 0.3 is 0 Å². The standard InChI is InChI=1S/C16H20N2O4S/c1-10(19)4-2-3-5-15(22)18-16-17-13(9-23-16)12-7-6-11(20)8-14(12)21/h6-10,19-21H,2-5H2,1H3,(H,17,18,22). The van der Waals surface area contributed by atoms with Gasteiger partial charge < -0.3 is 20.6 Å². The summed E-state index contributed by atoms with van der Waals surface area (Å²) in [7, 11) is 0. The lowest BCUT2D eigenvalue weighted by atomic mass is 10.1. The number of benzene rings is 1. The number of unbranched alkanes of at least 4 members (excludes halogenated alkanes) is 1. The van der Waals surface area contributed by atoms with Crippen molar-refractivity contribution in [2.45, 2.75) is 38.7 Å². The molecule has 0 aliphatic heterocycles. The molecule has 0 bridgehead atoms. The Hall–Kier alpha value is -2.12. The molecule has 0 spiro atoms. The minimum absolute atomic E-state index is 0.0211. The molecule has 2 rings (SSSR count). The van der Waals surface area contributed by atoms with Crippen LogP contribution in [0.15, 0.2) is 23.6 Å². The van der Waals surface area contributed by atoms with Gasteiger partial charge in [-0.05, 0) is 31.9 Å². The van der Waals surface area contributed by atoms with E-state index in [1.807, 2.05) is 0 Å². The number of aromatic hydroxyl groups is 2. The van der Waals surface area contributed by atoms with E-state index in [0.29, 0.717) is 35.7 Å². The molecule has 1 aromatic carbocycles. The highest BCUT2D eigenvalue weighted by Gasteiger charge is 2.11. The van der Waals surface area contributed by atoms with Crippen LogP contribution in [0.4, 0.5) is 5.13 Å². The van der Waals surface area contributed by atoms with Crippen LogP contribution in [0.5, 0.6) is 11.5 Å². The molecule has 1 amide bonds. The van der Waals surface area contributed by atoms with Crippen LogP contribution in [0, 0.1) is 0 Å². The molecular weight excluding hydrogens is 316 g/mol. The molecule has 0 saturated heterocycles. The van der Waals surface area contributed by atoms with E-state index in [0.717, 1.165) is 6.42 Å². The number of carbonyl (C=O) groups excluding carboxylic acids is 1. The Morgan fingerprint density at radius 3 is 2.83 bits per heavy atom. The van der Waals surface area contributed by atoms with Crippen molar-refractivity contribution in [3.8, 4) is 22.8 Å². The summed E-state index contributed by atoms with van der Waals surface area (Å²) >= 11 is 1.27. The maximum atomic E-state index is 11.8. The van der Waals surface area contributed by atoms with Gasteiger partial charge in [-0.25, -0.2) is 4.98 Å². The van der Waals surface area contributed by atoms with E-state index in [4.69, 9.17) is 5.11 Å². The fourth-order valence-corrected chi connectivity index (χ4v) is 2.83. The fraction of sp³-hybridized carbons (Fsp3) is 0.375. The number of hydrogen-bond donors (Lipinski definition) is 4. The molecule has 4 N–H and O–H groups in total. The normalized spacial score (nSPS) is 12.1. The summed E-state index contributed by atoms with van der Waals surface area (Å²) < 4.78 is 0. The SMILES string of the molecule is CC(O)CCCCC(=O)Nc1nc(-c2ccc(O)cc2O)cs1. The van der Waals surface area contributed by atoms with Gasteiger partial charge in [0.2, 0.25) is 5.91 Å². The van der Waals surface area contributed by atoms with Crippen LogP contribution in [0.1, 0.15) is 32.6 Å². The van der Waals surface area contributed by atoms with E-state index in [9.17, 15) is 15.0 Å². The van der Waals surface area contributed by atoms with Crippen LogP contribution in [0.25, 0.3) is 11.3 Å². The second-order valence-electron chi connectivity index (χ2n) is 5.38. The number of phenols is 2. The second kappa shape index (κ2) is 7.94. The molecule has 0 fully saturated rings. The van der Waals surface area contributed by atoms with E-state index < -0.39 is 0 Å². The zero-order valence-electron chi connectivity index (χ0n) is 12.8. The maximum Gasteiger partial charge on any atom is 0.226 e. The first-order chi connectivity index (χ1) is 11.0. The number of aromatic nitrogens is 1. The Morgan fingerprint density at radius 1 is 1.35 bits per heavy atom. The summed E-state index contributed by atoms with van der Waals surface area (Å²) in [4.78, 5) is 16.1. The van der Waals surface area contributed by atoms with Crippen molar-refractivity contribution in [1.82, 2.24) is 4.98 Å². The number of aliphatic hydroxyl groups is 1. The number of phenolic OH excluding ortho intramolecular Hbond substituents is 2. The third-order valence-corrected chi connectivity index (χ3v) is 4.04. The molecule has 0 saturated carbocycles. The minimum atomic E-state index is -0.336. The van der Waals surface area contributed by atoms with E-state index in [1.54, 1.807) is 18.4 Å². The Kier molecular flexibility index (Phi) is 5.95. The molecular formula is C16H20N2O4S. The highest BCUT2D eigenvalue weighted by molar-refractivity contribution is 7.14. The van der Waals surface area contributed by atoms with Crippen LogP contribution in [-0.4, -0.2) is 32.3 Å². The Morgan fingerprint density at radius 2 is 2.13 bits per heavy atom. The van der Waals surface area contributed by atoms with Gasteiger partial charge in [0, 0.05) is 23.4 Å². The van der Waals surface area contributed by atoms with Crippen molar-refractivity contribution < 1.29 is 20.1 Å². The molecule has 1 atom stereocenters. The fourth-order valence-electron chi connectivity index (χ4n) is 2.10. The van der Waals surface area contributed by atoms with Crippen molar-refractivity contribution in [3.63, 3.8) is 0 Å². The minimum Gasteiger partial charge on any atom is -0.508 e. The summed E-state index contributed by atoms with van der Waals surface area (Å²) in [5, 5.41) is 33.2. The number of hydrogen-bond acceptors (Lipinski definition) is 6. The number of nitrogens with zero attached hydrogens (tertiary/aromatic N) is 1. The molecule has 0 radical (unpaired) electrons. The Bertz CT molecular complexity index is 670. The third-order valence-electron chi connectivity index (χ3n) is 3.28. The number of amides is 1. The van der Waals surface area contributed by atoms with Crippen molar-refractivity contribution in [3.05, 3.63) is 23.6 Å². The summed E-state index contributed by atoms with van der Waals surface area (Å²) in [6.07, 6.45) is 2.25. The van der Waals surface area contributed by atoms with Gasteiger partial charge in [0.15, 0.2) is 5.13 Å². The largest absolute Gasteiger partial charge is 0.508 e. The number of anilines is 1. The highest BCUT2D eigenvalue weighted by atomic mass is 32.1. The number of aliphatic hydroxyl groups excluding tert-OH is 1. The maximum absolute atomic E-state index is 11.8. The third kappa shape index (κ3) is 5.22. The van der Waals surface area contributed by atoms with Crippen molar-refractivity contribution in [2.24, 2.45) is 0 Å². The molecule has 1 unspecified atom stereocenters. The average molecular weight is 336 g/mol. The molecule has 0 aliphatic rings. The van der Waals surface area contributed by atoms with Gasteiger partial charge in [0.1, 0.15) is 11.5 Å². The molecule has 23 heavy (non-hydrogen) atoms. The number of rotatable bonds is 7. The second-order valence-corrected chi connectivity index (χ2v) is 6.24. The van der Waals surface area contributed by atoms with Crippen LogP contribution < -0.4 is 5.32 Å².